The van der Waals surface area contributed by atoms with Crippen molar-refractivity contribution in [3.63, 3.8) is 0 Å². The Morgan fingerprint density at radius 2 is 1.76 bits per heavy atom. The molecule has 0 bridgehead atoms. The third-order valence-electron chi connectivity index (χ3n) is 4.69. The van der Waals surface area contributed by atoms with E-state index in [1.54, 1.807) is 0 Å². The Hall–Kier alpha value is -0.130. The average Bonchev–Trinajstić information content (AvgIpc) is 2.91. The van der Waals surface area contributed by atoms with Crippen molar-refractivity contribution in [2.75, 3.05) is 19.6 Å². The number of nitrogens with zero attached hydrogens (tertiary/aromatic N) is 1. The van der Waals surface area contributed by atoms with Crippen LogP contribution < -0.4 is 5.32 Å². The number of sulfonamides is 1. The molecule has 3 aliphatic rings. The molecule has 0 aromatic carbocycles. The third kappa shape index (κ3) is 2.02. The fourth-order valence-corrected chi connectivity index (χ4v) is 5.98. The molecule has 2 saturated heterocycles. The summed E-state index contributed by atoms with van der Waals surface area (Å²) in [5.41, 5.74) is 0. The molecule has 4 nitrogen and oxygen atoms in total. The van der Waals surface area contributed by atoms with Crippen LogP contribution in [0.3, 0.4) is 0 Å². The molecule has 1 N–H and O–H groups in total. The molecule has 0 radical (unpaired) electrons. The standard InChI is InChI=1S/C12H22N2O2S/c15-17(16,11-4-2-1-3-5-11)14-7-6-10-8-13-9-12(10)14/h10-13H,1-9H2/t10-,12+/m1/s1. The predicted molar refractivity (Wildman–Crippen MR) is 67.3 cm³/mol. The van der Waals surface area contributed by atoms with Gasteiger partial charge >= 0.3 is 0 Å². The van der Waals surface area contributed by atoms with Gasteiger partial charge in [0, 0.05) is 19.1 Å². The van der Waals surface area contributed by atoms with Gasteiger partial charge in [-0.1, -0.05) is 19.3 Å². The Bertz CT molecular complexity index is 376. The summed E-state index contributed by atoms with van der Waals surface area (Å²) in [7, 11) is -3.02. The smallest absolute Gasteiger partial charge is 0.217 e. The number of fused-ring (bicyclic) bond motifs is 1. The molecular weight excluding hydrogens is 236 g/mol. The summed E-state index contributed by atoms with van der Waals surface area (Å²) < 4.78 is 27.1. The van der Waals surface area contributed by atoms with E-state index in [1.807, 2.05) is 4.31 Å². The maximum atomic E-state index is 12.6. The number of hydrogen-bond acceptors (Lipinski definition) is 3. The lowest BCUT2D eigenvalue weighted by Crippen LogP contribution is -2.44. The van der Waals surface area contributed by atoms with Crippen molar-refractivity contribution in [2.24, 2.45) is 5.92 Å². The van der Waals surface area contributed by atoms with Gasteiger partial charge in [0.1, 0.15) is 0 Å². The first-order valence-electron chi connectivity index (χ1n) is 6.91. The molecule has 3 rings (SSSR count). The van der Waals surface area contributed by atoms with Crippen LogP contribution >= 0.6 is 0 Å². The first-order valence-corrected chi connectivity index (χ1v) is 8.41. The molecule has 0 aromatic heterocycles. The Labute approximate surface area is 104 Å². The first-order chi connectivity index (χ1) is 8.19. The second-order valence-corrected chi connectivity index (χ2v) is 7.86. The normalized spacial score (nSPS) is 36.2. The first kappa shape index (κ1) is 11.9. The van der Waals surface area contributed by atoms with Gasteiger partial charge in [0.15, 0.2) is 0 Å². The minimum absolute atomic E-state index is 0.0874. The van der Waals surface area contributed by atoms with Crippen LogP contribution in [-0.4, -0.2) is 43.6 Å². The highest BCUT2D eigenvalue weighted by molar-refractivity contribution is 7.89. The van der Waals surface area contributed by atoms with Gasteiger partial charge in [-0.2, -0.15) is 4.31 Å². The molecule has 17 heavy (non-hydrogen) atoms. The van der Waals surface area contributed by atoms with Crippen LogP contribution in [-0.2, 0) is 10.0 Å². The highest BCUT2D eigenvalue weighted by Crippen LogP contribution is 2.34. The van der Waals surface area contributed by atoms with Crippen LogP contribution in [0.5, 0.6) is 0 Å². The SMILES string of the molecule is O=S(=O)(C1CCCCC1)N1CC[C@@H]2CNC[C@@H]21. The second-order valence-electron chi connectivity index (χ2n) is 5.69. The van der Waals surface area contributed by atoms with E-state index in [2.05, 4.69) is 5.32 Å². The van der Waals surface area contributed by atoms with Gasteiger partial charge in [-0.25, -0.2) is 8.42 Å². The van der Waals surface area contributed by atoms with Crippen molar-refractivity contribution >= 4 is 10.0 Å². The molecule has 0 spiro atoms. The molecule has 0 amide bonds. The number of nitrogens with one attached hydrogen (secondary N) is 1. The van der Waals surface area contributed by atoms with Gasteiger partial charge in [-0.05, 0) is 31.7 Å². The van der Waals surface area contributed by atoms with Crippen LogP contribution in [0.15, 0.2) is 0 Å². The van der Waals surface area contributed by atoms with Crippen molar-refractivity contribution in [3.05, 3.63) is 0 Å². The summed E-state index contributed by atoms with van der Waals surface area (Å²) >= 11 is 0. The van der Waals surface area contributed by atoms with Crippen LogP contribution in [0.4, 0.5) is 0 Å². The largest absolute Gasteiger partial charge is 0.315 e. The lowest BCUT2D eigenvalue weighted by molar-refractivity contribution is 0.365. The summed E-state index contributed by atoms with van der Waals surface area (Å²) in [4.78, 5) is 0. The Balaban J connectivity index is 1.77. The molecule has 2 heterocycles. The van der Waals surface area contributed by atoms with Crippen LogP contribution in [0, 0.1) is 5.92 Å². The van der Waals surface area contributed by atoms with E-state index in [4.69, 9.17) is 0 Å². The number of hydrogen-bond donors (Lipinski definition) is 1. The average molecular weight is 258 g/mol. The predicted octanol–water partition coefficient (Wildman–Crippen LogP) is 0.943. The highest BCUT2D eigenvalue weighted by Gasteiger charge is 2.45. The molecule has 2 aliphatic heterocycles. The van der Waals surface area contributed by atoms with E-state index >= 15 is 0 Å². The second kappa shape index (κ2) is 4.52. The van der Waals surface area contributed by atoms with Gasteiger partial charge < -0.3 is 5.32 Å². The quantitative estimate of drug-likeness (QED) is 0.802. The molecule has 98 valence electrons. The van der Waals surface area contributed by atoms with Gasteiger partial charge in [0.25, 0.3) is 0 Å². The van der Waals surface area contributed by atoms with Crippen molar-refractivity contribution in [2.45, 2.75) is 49.8 Å². The minimum Gasteiger partial charge on any atom is -0.315 e. The molecule has 1 aliphatic carbocycles. The van der Waals surface area contributed by atoms with Gasteiger partial charge in [-0.3, -0.25) is 0 Å². The Kier molecular flexibility index (Phi) is 3.17. The van der Waals surface area contributed by atoms with E-state index in [9.17, 15) is 8.42 Å². The highest BCUT2D eigenvalue weighted by atomic mass is 32.2. The van der Waals surface area contributed by atoms with Crippen LogP contribution in [0.2, 0.25) is 0 Å². The minimum atomic E-state index is -3.02. The zero-order valence-corrected chi connectivity index (χ0v) is 11.1. The fraction of sp³-hybridized carbons (Fsp3) is 1.00. The molecule has 1 saturated carbocycles. The maximum absolute atomic E-state index is 12.6. The van der Waals surface area contributed by atoms with Crippen molar-refractivity contribution in [3.8, 4) is 0 Å². The summed E-state index contributed by atoms with van der Waals surface area (Å²) in [5, 5.41) is 3.24. The van der Waals surface area contributed by atoms with E-state index in [0.717, 1.165) is 51.7 Å². The van der Waals surface area contributed by atoms with E-state index in [1.165, 1.54) is 6.42 Å². The molecule has 3 fully saturated rings. The van der Waals surface area contributed by atoms with Crippen molar-refractivity contribution in [1.82, 2.24) is 9.62 Å². The zero-order chi connectivity index (χ0) is 11.9. The summed E-state index contributed by atoms with van der Waals surface area (Å²) in [5.74, 6) is 0.563. The van der Waals surface area contributed by atoms with E-state index in [0.29, 0.717) is 5.92 Å². The van der Waals surface area contributed by atoms with Gasteiger partial charge in [0.2, 0.25) is 10.0 Å². The fourth-order valence-electron chi connectivity index (χ4n) is 3.68. The van der Waals surface area contributed by atoms with Crippen LogP contribution in [0.25, 0.3) is 0 Å². The molecular formula is C12H22N2O2S. The molecule has 0 aromatic rings. The Morgan fingerprint density at radius 3 is 2.53 bits per heavy atom. The van der Waals surface area contributed by atoms with E-state index < -0.39 is 10.0 Å². The van der Waals surface area contributed by atoms with Crippen molar-refractivity contribution < 1.29 is 8.42 Å². The van der Waals surface area contributed by atoms with E-state index in [-0.39, 0.29) is 11.3 Å². The number of rotatable bonds is 2. The topological polar surface area (TPSA) is 49.4 Å². The summed E-state index contributed by atoms with van der Waals surface area (Å²) in [6, 6.07) is 0.252. The van der Waals surface area contributed by atoms with Gasteiger partial charge in [0.05, 0.1) is 5.25 Å². The van der Waals surface area contributed by atoms with Crippen LogP contribution in [0.1, 0.15) is 38.5 Å². The van der Waals surface area contributed by atoms with Gasteiger partial charge in [-0.15, -0.1) is 0 Å². The van der Waals surface area contributed by atoms with Crippen molar-refractivity contribution in [1.29, 1.82) is 0 Å². The monoisotopic (exact) mass is 258 g/mol. The zero-order valence-electron chi connectivity index (χ0n) is 10.3. The molecule has 2 atom stereocenters. The lowest BCUT2D eigenvalue weighted by atomic mass is 10.0. The molecule has 0 unspecified atom stereocenters. The molecule has 5 heteroatoms. The summed E-state index contributed by atoms with van der Waals surface area (Å²) in [6.45, 7) is 2.62. The summed E-state index contributed by atoms with van der Waals surface area (Å²) in [6.07, 6.45) is 6.19. The third-order valence-corrected chi connectivity index (χ3v) is 7.12. The Morgan fingerprint density at radius 1 is 1.00 bits per heavy atom. The maximum Gasteiger partial charge on any atom is 0.217 e. The lowest BCUT2D eigenvalue weighted by Gasteiger charge is -2.30.